The van der Waals surface area contributed by atoms with Crippen molar-refractivity contribution in [1.82, 2.24) is 9.38 Å². The first-order valence-electron chi connectivity index (χ1n) is 9.38. The highest BCUT2D eigenvalue weighted by molar-refractivity contribution is 5.73. The van der Waals surface area contributed by atoms with Crippen LogP contribution in [0.4, 0.5) is 0 Å². The summed E-state index contributed by atoms with van der Waals surface area (Å²) < 4.78 is 6.86. The third-order valence-electron chi connectivity index (χ3n) is 4.72. The molecule has 0 saturated heterocycles. The van der Waals surface area contributed by atoms with Crippen molar-refractivity contribution < 1.29 is 9.53 Å². The fourth-order valence-electron chi connectivity index (χ4n) is 3.26. The van der Waals surface area contributed by atoms with Crippen LogP contribution in [0.1, 0.15) is 17.0 Å². The Bertz CT molecular complexity index is 1210. The number of ether oxygens (including phenoxy) is 1. The molecule has 0 aliphatic carbocycles. The number of carbonyl (C=O) groups is 1. The van der Waals surface area contributed by atoms with E-state index in [9.17, 15) is 9.59 Å². The van der Waals surface area contributed by atoms with E-state index in [2.05, 4.69) is 4.98 Å². The van der Waals surface area contributed by atoms with Crippen molar-refractivity contribution in [3.63, 3.8) is 0 Å². The van der Waals surface area contributed by atoms with Gasteiger partial charge in [-0.1, -0.05) is 60.7 Å². The summed E-state index contributed by atoms with van der Waals surface area (Å²) in [7, 11) is 0. The molecule has 0 radical (unpaired) electrons. The number of hydrogen-bond acceptors (Lipinski definition) is 4. The van der Waals surface area contributed by atoms with Crippen molar-refractivity contribution in [2.24, 2.45) is 0 Å². The minimum Gasteiger partial charge on any atom is -0.459 e. The Morgan fingerprint density at radius 2 is 1.66 bits per heavy atom. The second-order valence-electron chi connectivity index (χ2n) is 6.85. The highest BCUT2D eigenvalue weighted by atomic mass is 16.5. The predicted molar refractivity (Wildman–Crippen MR) is 112 cm³/mol. The molecule has 0 aliphatic heterocycles. The van der Waals surface area contributed by atoms with Crippen LogP contribution in [-0.4, -0.2) is 15.4 Å². The Hall–Kier alpha value is -3.73. The number of aromatic nitrogens is 2. The number of fused-ring (bicyclic) bond motifs is 1. The van der Waals surface area contributed by atoms with Crippen LogP contribution in [0.5, 0.6) is 0 Å². The van der Waals surface area contributed by atoms with Crippen molar-refractivity contribution in [3.05, 3.63) is 106 Å². The summed E-state index contributed by atoms with van der Waals surface area (Å²) in [6.07, 6.45) is 0.167. The molecule has 29 heavy (non-hydrogen) atoms. The lowest BCUT2D eigenvalue weighted by Crippen LogP contribution is -2.18. The lowest BCUT2D eigenvalue weighted by molar-refractivity contribution is -0.144. The van der Waals surface area contributed by atoms with Gasteiger partial charge in [0, 0.05) is 11.8 Å². The third kappa shape index (κ3) is 4.24. The van der Waals surface area contributed by atoms with Crippen LogP contribution >= 0.6 is 0 Å². The largest absolute Gasteiger partial charge is 0.459 e. The van der Waals surface area contributed by atoms with Crippen LogP contribution in [0.15, 0.2) is 83.7 Å². The molecule has 2 heterocycles. The van der Waals surface area contributed by atoms with Crippen molar-refractivity contribution in [2.45, 2.75) is 20.0 Å². The maximum absolute atomic E-state index is 12.3. The number of rotatable bonds is 5. The Morgan fingerprint density at radius 1 is 0.931 bits per heavy atom. The molecule has 0 saturated carbocycles. The molecule has 0 fully saturated rings. The minimum absolute atomic E-state index is 0.0272. The first-order valence-corrected chi connectivity index (χ1v) is 9.38. The first-order chi connectivity index (χ1) is 14.1. The number of nitrogens with zero attached hydrogens (tertiary/aromatic N) is 2. The molecule has 0 N–H and O–H groups in total. The highest BCUT2D eigenvalue weighted by Gasteiger charge is 2.09. The third-order valence-corrected chi connectivity index (χ3v) is 4.72. The van der Waals surface area contributed by atoms with E-state index in [-0.39, 0.29) is 24.6 Å². The van der Waals surface area contributed by atoms with Gasteiger partial charge in [0.25, 0.3) is 5.56 Å². The summed E-state index contributed by atoms with van der Waals surface area (Å²) in [5, 5.41) is 0. The fourth-order valence-corrected chi connectivity index (χ4v) is 3.26. The predicted octanol–water partition coefficient (Wildman–Crippen LogP) is 3.96. The van der Waals surface area contributed by atoms with Crippen molar-refractivity contribution in [2.75, 3.05) is 0 Å². The van der Waals surface area contributed by atoms with Gasteiger partial charge in [0.1, 0.15) is 12.3 Å². The molecule has 2 aromatic carbocycles. The van der Waals surface area contributed by atoms with Crippen LogP contribution in [0.3, 0.4) is 0 Å². The van der Waals surface area contributed by atoms with Crippen LogP contribution in [0.2, 0.25) is 0 Å². The smallest absolute Gasteiger partial charge is 0.310 e. The van der Waals surface area contributed by atoms with Crippen molar-refractivity contribution >= 4 is 11.6 Å². The summed E-state index contributed by atoms with van der Waals surface area (Å²) in [5.74, 6) is -0.358. The molecule has 4 rings (SSSR count). The van der Waals surface area contributed by atoms with Gasteiger partial charge in [-0.3, -0.25) is 14.0 Å². The molecule has 5 nitrogen and oxygen atoms in total. The van der Waals surface area contributed by atoms with E-state index in [0.29, 0.717) is 11.3 Å². The number of pyridine rings is 1. The van der Waals surface area contributed by atoms with E-state index in [4.69, 9.17) is 4.74 Å². The zero-order chi connectivity index (χ0) is 20.2. The van der Waals surface area contributed by atoms with Crippen LogP contribution < -0.4 is 5.56 Å². The van der Waals surface area contributed by atoms with Gasteiger partial charge in [-0.15, -0.1) is 0 Å². The van der Waals surface area contributed by atoms with Gasteiger partial charge in [0.15, 0.2) is 0 Å². The van der Waals surface area contributed by atoms with E-state index in [1.54, 1.807) is 6.07 Å². The molecule has 0 amide bonds. The van der Waals surface area contributed by atoms with Gasteiger partial charge < -0.3 is 4.74 Å². The SMILES string of the molecule is Cc1cccc2nc(COC(=O)Cc3ccc(-c4ccccc4)cc3)cc(=O)n12. The van der Waals surface area contributed by atoms with E-state index in [1.807, 2.05) is 73.7 Å². The molecule has 0 spiro atoms. The molecule has 0 atom stereocenters. The van der Waals surface area contributed by atoms with Gasteiger partial charge in [-0.25, -0.2) is 4.98 Å². The summed E-state index contributed by atoms with van der Waals surface area (Å²) in [6, 6.07) is 24.7. The zero-order valence-corrected chi connectivity index (χ0v) is 16.0. The molecular weight excluding hydrogens is 364 g/mol. The summed E-state index contributed by atoms with van der Waals surface area (Å²) in [4.78, 5) is 28.9. The molecule has 2 aromatic heterocycles. The number of carbonyl (C=O) groups excluding carboxylic acids is 1. The Morgan fingerprint density at radius 3 is 2.41 bits per heavy atom. The maximum Gasteiger partial charge on any atom is 0.310 e. The van der Waals surface area contributed by atoms with E-state index < -0.39 is 0 Å². The number of benzene rings is 2. The summed E-state index contributed by atoms with van der Waals surface area (Å²) >= 11 is 0. The standard InChI is InChI=1S/C24H20N2O3/c1-17-6-5-9-22-25-21(15-23(27)26(17)22)16-29-24(28)14-18-10-12-20(13-11-18)19-7-3-2-4-8-19/h2-13,15H,14,16H2,1H3. The average Bonchev–Trinajstić information content (AvgIpc) is 2.73. The fraction of sp³-hybridized carbons (Fsp3) is 0.125. The highest BCUT2D eigenvalue weighted by Crippen LogP contribution is 2.19. The zero-order valence-electron chi connectivity index (χ0n) is 16.0. The van der Waals surface area contributed by atoms with Crippen molar-refractivity contribution in [1.29, 1.82) is 0 Å². The van der Waals surface area contributed by atoms with Crippen LogP contribution in [0, 0.1) is 6.92 Å². The molecule has 0 bridgehead atoms. The van der Waals surface area contributed by atoms with E-state index >= 15 is 0 Å². The average molecular weight is 384 g/mol. The molecular formula is C24H20N2O3. The Balaban J connectivity index is 1.40. The quantitative estimate of drug-likeness (QED) is 0.489. The number of aryl methyl sites for hydroxylation is 1. The maximum atomic E-state index is 12.3. The van der Waals surface area contributed by atoms with E-state index in [1.165, 1.54) is 10.5 Å². The van der Waals surface area contributed by atoms with Crippen molar-refractivity contribution in [3.8, 4) is 11.1 Å². The first kappa shape index (κ1) is 18.6. The van der Waals surface area contributed by atoms with Crippen LogP contribution in [-0.2, 0) is 22.6 Å². The van der Waals surface area contributed by atoms with E-state index in [0.717, 1.165) is 22.4 Å². The number of esters is 1. The van der Waals surface area contributed by atoms with Gasteiger partial charge >= 0.3 is 5.97 Å². The van der Waals surface area contributed by atoms with Crippen LogP contribution in [0.25, 0.3) is 16.8 Å². The van der Waals surface area contributed by atoms with Gasteiger partial charge in [-0.2, -0.15) is 0 Å². The van der Waals surface area contributed by atoms with Gasteiger partial charge in [-0.05, 0) is 35.7 Å². The molecule has 0 unspecified atom stereocenters. The second kappa shape index (κ2) is 8.10. The summed E-state index contributed by atoms with van der Waals surface area (Å²) in [6.45, 7) is 1.82. The Kier molecular flexibility index (Phi) is 5.20. The summed E-state index contributed by atoms with van der Waals surface area (Å²) in [5.41, 5.74) is 4.70. The lowest BCUT2D eigenvalue weighted by Gasteiger charge is -2.08. The van der Waals surface area contributed by atoms with Gasteiger partial charge in [0.2, 0.25) is 0 Å². The minimum atomic E-state index is -0.358. The lowest BCUT2D eigenvalue weighted by atomic mass is 10.0. The monoisotopic (exact) mass is 384 g/mol. The number of hydrogen-bond donors (Lipinski definition) is 0. The second-order valence-corrected chi connectivity index (χ2v) is 6.85. The molecule has 5 heteroatoms. The van der Waals surface area contributed by atoms with Gasteiger partial charge in [0.05, 0.1) is 12.1 Å². The molecule has 0 aliphatic rings. The Labute approximate surface area is 168 Å². The topological polar surface area (TPSA) is 60.7 Å². The molecule has 4 aromatic rings. The molecule has 144 valence electrons. The normalized spacial score (nSPS) is 10.8.